The second kappa shape index (κ2) is 4.53. The molecule has 1 unspecified atom stereocenters. The number of aromatic nitrogens is 3. The third kappa shape index (κ3) is 2.16. The quantitative estimate of drug-likeness (QED) is 0.897. The number of carbonyl (C=O) groups is 1. The normalized spacial score (nSPS) is 30.0. The summed E-state index contributed by atoms with van der Waals surface area (Å²) in [5, 5.41) is 18.3. The van der Waals surface area contributed by atoms with Gasteiger partial charge in [-0.25, -0.2) is 0 Å². The van der Waals surface area contributed by atoms with E-state index in [0.717, 1.165) is 31.0 Å². The van der Waals surface area contributed by atoms with Crippen molar-refractivity contribution in [1.82, 2.24) is 19.7 Å². The average Bonchev–Trinajstić information content (AvgIpc) is 3.37. The van der Waals surface area contributed by atoms with Crippen LogP contribution >= 0.6 is 0 Å². The lowest BCUT2D eigenvalue weighted by atomic mass is 9.99. The van der Waals surface area contributed by atoms with Crippen LogP contribution in [-0.2, 0) is 11.3 Å². The van der Waals surface area contributed by atoms with E-state index in [2.05, 4.69) is 19.7 Å². The summed E-state index contributed by atoms with van der Waals surface area (Å²) in [6.45, 7) is 3.28. The lowest BCUT2D eigenvalue weighted by Crippen LogP contribution is -2.47. The Morgan fingerprint density at radius 3 is 2.71 bits per heavy atom. The molecule has 1 aliphatic heterocycles. The van der Waals surface area contributed by atoms with Crippen LogP contribution in [0.15, 0.2) is 0 Å². The van der Waals surface area contributed by atoms with Gasteiger partial charge in [0.15, 0.2) is 0 Å². The van der Waals surface area contributed by atoms with Gasteiger partial charge in [-0.2, -0.15) is 0 Å². The maximum absolute atomic E-state index is 11.6. The summed E-state index contributed by atoms with van der Waals surface area (Å²) in [6, 6.07) is 0.560. The lowest BCUT2D eigenvalue weighted by Gasteiger charge is -2.30. The highest BCUT2D eigenvalue weighted by Gasteiger charge is 2.44. The Bertz CT molecular complexity index is 576. The largest absolute Gasteiger partial charge is 0.480 e. The molecule has 2 saturated carbocycles. The Balaban J connectivity index is 1.61. The minimum absolute atomic E-state index is 0.560. The van der Waals surface area contributed by atoms with Crippen LogP contribution in [0.4, 0.5) is 0 Å². The molecule has 6 nitrogen and oxygen atoms in total. The Morgan fingerprint density at radius 2 is 2.10 bits per heavy atom. The van der Waals surface area contributed by atoms with Crippen molar-refractivity contribution in [2.75, 3.05) is 6.54 Å². The molecule has 0 aromatic carbocycles. The van der Waals surface area contributed by atoms with Crippen LogP contribution in [0.5, 0.6) is 0 Å². The summed E-state index contributed by atoms with van der Waals surface area (Å²) in [5.74, 6) is 1.98. The van der Waals surface area contributed by atoms with Gasteiger partial charge in [-0.1, -0.05) is 0 Å². The first kappa shape index (κ1) is 13.2. The van der Waals surface area contributed by atoms with Crippen LogP contribution in [0.1, 0.15) is 69.1 Å². The minimum Gasteiger partial charge on any atom is -0.480 e. The fourth-order valence-corrected chi connectivity index (χ4v) is 3.48. The molecule has 3 aliphatic rings. The van der Waals surface area contributed by atoms with Crippen molar-refractivity contribution in [2.24, 2.45) is 0 Å². The monoisotopic (exact) mass is 290 g/mol. The van der Waals surface area contributed by atoms with Gasteiger partial charge in [0.25, 0.3) is 0 Å². The first-order valence-corrected chi connectivity index (χ1v) is 8.02. The molecule has 4 rings (SSSR count). The molecule has 3 fully saturated rings. The van der Waals surface area contributed by atoms with E-state index in [1.807, 2.05) is 6.92 Å². The van der Waals surface area contributed by atoms with Crippen LogP contribution in [0.25, 0.3) is 0 Å². The van der Waals surface area contributed by atoms with Gasteiger partial charge in [0, 0.05) is 12.0 Å². The number of rotatable bonds is 5. The number of likely N-dealkylation sites (tertiary alicyclic amines) is 1. The van der Waals surface area contributed by atoms with Crippen molar-refractivity contribution >= 4 is 5.97 Å². The molecular formula is C15H22N4O2. The van der Waals surface area contributed by atoms with E-state index in [1.165, 1.54) is 25.7 Å². The molecule has 2 heterocycles. The van der Waals surface area contributed by atoms with Gasteiger partial charge in [0.1, 0.15) is 17.2 Å². The predicted octanol–water partition coefficient (Wildman–Crippen LogP) is 1.93. The number of hydrogen-bond donors (Lipinski definition) is 1. The highest BCUT2D eigenvalue weighted by molar-refractivity contribution is 5.78. The summed E-state index contributed by atoms with van der Waals surface area (Å²) in [5.41, 5.74) is -0.750. The fourth-order valence-electron chi connectivity index (χ4n) is 3.48. The van der Waals surface area contributed by atoms with Crippen molar-refractivity contribution < 1.29 is 9.90 Å². The molecule has 0 bridgehead atoms. The summed E-state index contributed by atoms with van der Waals surface area (Å²) in [7, 11) is 0. The summed E-state index contributed by atoms with van der Waals surface area (Å²) in [6.07, 6.45) is 6.52. The standard InChI is InChI=1S/C15H22N4O2/c1-15(14(20)21)7-2-8-18(15)9-12-16-17-13(10-3-4-10)19(12)11-5-6-11/h10-11H,2-9H2,1H3,(H,20,21). The van der Waals surface area contributed by atoms with E-state index in [9.17, 15) is 9.90 Å². The van der Waals surface area contributed by atoms with E-state index in [0.29, 0.717) is 18.5 Å². The first-order valence-electron chi connectivity index (χ1n) is 8.02. The Kier molecular flexibility index (Phi) is 2.86. The van der Waals surface area contributed by atoms with Crippen LogP contribution in [0.2, 0.25) is 0 Å². The Labute approximate surface area is 124 Å². The van der Waals surface area contributed by atoms with E-state index >= 15 is 0 Å². The zero-order valence-electron chi connectivity index (χ0n) is 12.5. The number of carboxylic acids is 1. The van der Waals surface area contributed by atoms with E-state index in [-0.39, 0.29) is 0 Å². The molecule has 2 aliphatic carbocycles. The van der Waals surface area contributed by atoms with Crippen LogP contribution in [-0.4, -0.2) is 42.8 Å². The van der Waals surface area contributed by atoms with Crippen molar-refractivity contribution in [3.63, 3.8) is 0 Å². The average molecular weight is 290 g/mol. The smallest absolute Gasteiger partial charge is 0.323 e. The molecule has 114 valence electrons. The van der Waals surface area contributed by atoms with Crippen molar-refractivity contribution in [3.8, 4) is 0 Å². The second-order valence-electron chi connectivity index (χ2n) is 6.95. The maximum atomic E-state index is 11.6. The summed E-state index contributed by atoms with van der Waals surface area (Å²) in [4.78, 5) is 13.7. The SMILES string of the molecule is CC1(C(=O)O)CCCN1Cc1nnc(C2CC2)n1C1CC1. The molecule has 0 amide bonds. The van der Waals surface area contributed by atoms with Gasteiger partial charge >= 0.3 is 5.97 Å². The molecule has 1 saturated heterocycles. The molecule has 21 heavy (non-hydrogen) atoms. The first-order chi connectivity index (χ1) is 10.1. The molecule has 0 radical (unpaired) electrons. The third-order valence-corrected chi connectivity index (χ3v) is 5.23. The van der Waals surface area contributed by atoms with Crippen LogP contribution in [0, 0.1) is 0 Å². The van der Waals surface area contributed by atoms with Gasteiger partial charge in [0.2, 0.25) is 0 Å². The zero-order valence-corrected chi connectivity index (χ0v) is 12.5. The Hall–Kier alpha value is -1.43. The second-order valence-corrected chi connectivity index (χ2v) is 6.95. The van der Waals surface area contributed by atoms with Gasteiger partial charge in [-0.15, -0.1) is 10.2 Å². The third-order valence-electron chi connectivity index (χ3n) is 5.23. The van der Waals surface area contributed by atoms with Gasteiger partial charge in [-0.05, 0) is 52.0 Å². The number of aliphatic carboxylic acids is 1. The lowest BCUT2D eigenvalue weighted by molar-refractivity contribution is -0.149. The highest BCUT2D eigenvalue weighted by Crippen LogP contribution is 2.45. The molecule has 1 aromatic rings. The van der Waals surface area contributed by atoms with Crippen molar-refractivity contribution in [2.45, 2.75) is 69.5 Å². The maximum Gasteiger partial charge on any atom is 0.323 e. The topological polar surface area (TPSA) is 71.2 Å². The molecule has 6 heteroatoms. The summed E-state index contributed by atoms with van der Waals surface area (Å²) < 4.78 is 2.32. The number of hydrogen-bond acceptors (Lipinski definition) is 4. The van der Waals surface area contributed by atoms with Crippen molar-refractivity contribution in [3.05, 3.63) is 11.6 Å². The Morgan fingerprint density at radius 1 is 1.33 bits per heavy atom. The zero-order chi connectivity index (χ0) is 14.6. The van der Waals surface area contributed by atoms with E-state index in [4.69, 9.17) is 0 Å². The van der Waals surface area contributed by atoms with Gasteiger partial charge < -0.3 is 9.67 Å². The van der Waals surface area contributed by atoms with Crippen molar-refractivity contribution in [1.29, 1.82) is 0 Å². The van der Waals surface area contributed by atoms with Gasteiger partial charge in [-0.3, -0.25) is 9.69 Å². The van der Waals surface area contributed by atoms with Gasteiger partial charge in [0.05, 0.1) is 6.54 Å². The molecule has 1 atom stereocenters. The fraction of sp³-hybridized carbons (Fsp3) is 0.800. The van der Waals surface area contributed by atoms with E-state index in [1.54, 1.807) is 0 Å². The van der Waals surface area contributed by atoms with Crippen LogP contribution < -0.4 is 0 Å². The number of nitrogens with zero attached hydrogens (tertiary/aromatic N) is 4. The number of carboxylic acid groups (broad SMARTS) is 1. The van der Waals surface area contributed by atoms with E-state index < -0.39 is 11.5 Å². The molecule has 0 spiro atoms. The highest BCUT2D eigenvalue weighted by atomic mass is 16.4. The molecule has 1 N–H and O–H groups in total. The molecule has 1 aromatic heterocycles. The summed E-state index contributed by atoms with van der Waals surface area (Å²) >= 11 is 0. The minimum atomic E-state index is -0.750. The predicted molar refractivity (Wildman–Crippen MR) is 76.0 cm³/mol. The van der Waals surface area contributed by atoms with Crippen LogP contribution in [0.3, 0.4) is 0 Å². The molecular weight excluding hydrogens is 268 g/mol.